The maximum Gasteiger partial charge on any atom is 0.306 e. The van der Waals surface area contributed by atoms with Gasteiger partial charge in [-0.2, -0.15) is 0 Å². The lowest BCUT2D eigenvalue weighted by Crippen LogP contribution is -2.36. The van der Waals surface area contributed by atoms with Gasteiger partial charge in [-0.25, -0.2) is 9.97 Å². The summed E-state index contributed by atoms with van der Waals surface area (Å²) in [5, 5.41) is 15.5. The molecule has 3 aromatic heterocycles. The van der Waals surface area contributed by atoms with E-state index in [1.165, 1.54) is 19.3 Å². The van der Waals surface area contributed by atoms with Gasteiger partial charge in [-0.15, -0.1) is 0 Å². The number of halogens is 1. The fourth-order valence-electron chi connectivity index (χ4n) is 4.98. The molecule has 1 saturated carbocycles. The minimum absolute atomic E-state index is 0.291. The normalized spacial score (nSPS) is 17.9. The first-order chi connectivity index (χ1) is 16.1. The van der Waals surface area contributed by atoms with Crippen molar-refractivity contribution in [1.82, 2.24) is 15.0 Å². The Hall–Kier alpha value is -2.93. The molecule has 172 valence electrons. The molecule has 1 aliphatic carbocycles. The van der Waals surface area contributed by atoms with Gasteiger partial charge in [-0.3, -0.25) is 9.78 Å². The van der Waals surface area contributed by atoms with Crippen LogP contribution >= 0.6 is 11.6 Å². The minimum Gasteiger partial charge on any atom is -0.481 e. The van der Waals surface area contributed by atoms with Crippen molar-refractivity contribution in [3.8, 4) is 11.3 Å². The molecule has 0 bridgehead atoms. The van der Waals surface area contributed by atoms with Crippen molar-refractivity contribution in [3.05, 3.63) is 41.8 Å². The number of nitrogens with zero attached hydrogens (tertiary/aromatic N) is 4. The predicted molar refractivity (Wildman–Crippen MR) is 131 cm³/mol. The average Bonchev–Trinajstić information content (AvgIpc) is 2.85. The molecular formula is C25H28ClN5O2. The highest BCUT2D eigenvalue weighted by Gasteiger charge is 2.27. The van der Waals surface area contributed by atoms with Crippen molar-refractivity contribution in [2.24, 2.45) is 5.92 Å². The van der Waals surface area contributed by atoms with Gasteiger partial charge in [0.2, 0.25) is 0 Å². The van der Waals surface area contributed by atoms with Crippen molar-refractivity contribution in [2.75, 3.05) is 23.3 Å². The second-order valence-corrected chi connectivity index (χ2v) is 9.41. The zero-order chi connectivity index (χ0) is 22.8. The summed E-state index contributed by atoms with van der Waals surface area (Å²) in [5.41, 5.74) is 1.60. The van der Waals surface area contributed by atoms with Gasteiger partial charge in [0.1, 0.15) is 11.6 Å². The lowest BCUT2D eigenvalue weighted by atomic mass is 9.95. The van der Waals surface area contributed by atoms with Gasteiger partial charge >= 0.3 is 5.97 Å². The molecule has 5 rings (SSSR count). The number of aromatic nitrogens is 3. The number of carboxylic acid groups (broad SMARTS) is 1. The van der Waals surface area contributed by atoms with Crippen molar-refractivity contribution < 1.29 is 9.90 Å². The number of carboxylic acids is 1. The minimum atomic E-state index is -0.716. The van der Waals surface area contributed by atoms with Crippen LogP contribution in [-0.4, -0.2) is 45.2 Å². The first kappa shape index (κ1) is 21.9. The van der Waals surface area contributed by atoms with Gasteiger partial charge < -0.3 is 15.3 Å². The first-order valence-electron chi connectivity index (χ1n) is 11.7. The van der Waals surface area contributed by atoms with Gasteiger partial charge in [0.15, 0.2) is 0 Å². The summed E-state index contributed by atoms with van der Waals surface area (Å²) in [6.07, 6.45) is 12.6. The maximum absolute atomic E-state index is 11.4. The van der Waals surface area contributed by atoms with E-state index in [0.29, 0.717) is 42.8 Å². The van der Waals surface area contributed by atoms with Gasteiger partial charge in [0, 0.05) is 54.1 Å². The fourth-order valence-corrected chi connectivity index (χ4v) is 5.24. The van der Waals surface area contributed by atoms with Crippen LogP contribution in [0.15, 0.2) is 36.8 Å². The summed E-state index contributed by atoms with van der Waals surface area (Å²) < 4.78 is 0. The second-order valence-electron chi connectivity index (χ2n) is 9.03. The topological polar surface area (TPSA) is 91.2 Å². The Labute approximate surface area is 198 Å². The van der Waals surface area contributed by atoms with Crippen LogP contribution in [0.3, 0.4) is 0 Å². The highest BCUT2D eigenvalue weighted by molar-refractivity contribution is 6.35. The Balaban J connectivity index is 1.50. The van der Waals surface area contributed by atoms with Crippen molar-refractivity contribution >= 4 is 40.0 Å². The molecule has 33 heavy (non-hydrogen) atoms. The molecule has 2 N–H and O–H groups in total. The SMILES string of the molecule is O=C(O)C1CCN(c2nc(-c3ccnc(NC4CCCCC4)c3Cl)cc3cnccc23)CC1. The predicted octanol–water partition coefficient (Wildman–Crippen LogP) is 5.39. The highest BCUT2D eigenvalue weighted by atomic mass is 35.5. The van der Waals surface area contributed by atoms with Crippen LogP contribution in [0, 0.1) is 5.92 Å². The smallest absolute Gasteiger partial charge is 0.306 e. The molecule has 4 heterocycles. The van der Waals surface area contributed by atoms with Gasteiger partial charge in [-0.05, 0) is 43.9 Å². The fraction of sp³-hybridized carbons (Fsp3) is 0.440. The quantitative estimate of drug-likeness (QED) is 0.521. The number of rotatable bonds is 5. The van der Waals surface area contributed by atoms with Crippen molar-refractivity contribution in [1.29, 1.82) is 0 Å². The van der Waals surface area contributed by atoms with E-state index in [9.17, 15) is 9.90 Å². The van der Waals surface area contributed by atoms with E-state index in [1.807, 2.05) is 24.4 Å². The Bertz CT molecular complexity index is 1160. The molecule has 0 aromatic carbocycles. The molecule has 3 aromatic rings. The lowest BCUT2D eigenvalue weighted by molar-refractivity contribution is -0.142. The zero-order valence-electron chi connectivity index (χ0n) is 18.5. The van der Waals surface area contributed by atoms with E-state index in [1.54, 1.807) is 12.4 Å². The highest BCUT2D eigenvalue weighted by Crippen LogP contribution is 2.37. The molecule has 1 saturated heterocycles. The average molecular weight is 466 g/mol. The molecule has 0 atom stereocenters. The van der Waals surface area contributed by atoms with E-state index in [2.05, 4.69) is 20.2 Å². The first-order valence-corrected chi connectivity index (χ1v) is 12.1. The zero-order valence-corrected chi connectivity index (χ0v) is 19.3. The third-order valence-corrected chi connectivity index (χ3v) is 7.25. The summed E-state index contributed by atoms with van der Waals surface area (Å²) >= 11 is 6.85. The van der Waals surface area contributed by atoms with Crippen LogP contribution in [0.1, 0.15) is 44.9 Å². The summed E-state index contributed by atoms with van der Waals surface area (Å²) in [6.45, 7) is 1.31. The number of anilines is 2. The van der Waals surface area contributed by atoms with Crippen LogP contribution in [0.25, 0.3) is 22.0 Å². The van der Waals surface area contributed by atoms with E-state index in [-0.39, 0.29) is 5.92 Å². The molecule has 8 heteroatoms. The Morgan fingerprint density at radius 2 is 1.88 bits per heavy atom. The standard InChI is InChI=1S/C25H28ClN5O2/c26-22-20(7-11-28-23(22)29-18-4-2-1-3-5-18)21-14-17-15-27-10-6-19(17)24(30-21)31-12-8-16(9-13-31)25(32)33/h6-7,10-11,14-16,18H,1-5,8-9,12-13H2,(H,28,29)(H,32,33). The van der Waals surface area contributed by atoms with Crippen LogP contribution in [0.5, 0.6) is 0 Å². The summed E-state index contributed by atoms with van der Waals surface area (Å²) in [7, 11) is 0. The number of hydrogen-bond acceptors (Lipinski definition) is 6. The molecule has 1 aliphatic heterocycles. The number of aliphatic carboxylic acids is 1. The molecule has 0 radical (unpaired) electrons. The summed E-state index contributed by atoms with van der Waals surface area (Å²) in [6, 6.07) is 6.29. The number of hydrogen-bond donors (Lipinski definition) is 2. The molecule has 0 amide bonds. The molecule has 2 fully saturated rings. The third kappa shape index (κ3) is 4.60. The van der Waals surface area contributed by atoms with Crippen molar-refractivity contribution in [3.63, 3.8) is 0 Å². The Morgan fingerprint density at radius 1 is 1.09 bits per heavy atom. The molecule has 0 unspecified atom stereocenters. The van der Waals surface area contributed by atoms with E-state index >= 15 is 0 Å². The third-order valence-electron chi connectivity index (χ3n) is 6.87. The summed E-state index contributed by atoms with van der Waals surface area (Å²) in [4.78, 5) is 27.4. The van der Waals surface area contributed by atoms with Gasteiger partial charge in [-0.1, -0.05) is 30.9 Å². The van der Waals surface area contributed by atoms with Crippen LogP contribution in [-0.2, 0) is 4.79 Å². The Kier molecular flexibility index (Phi) is 6.31. The van der Waals surface area contributed by atoms with E-state index in [0.717, 1.165) is 40.7 Å². The second kappa shape index (κ2) is 9.51. The number of nitrogens with one attached hydrogen (secondary N) is 1. The number of carbonyl (C=O) groups is 1. The largest absolute Gasteiger partial charge is 0.481 e. The maximum atomic E-state index is 11.4. The molecular weight excluding hydrogens is 438 g/mol. The van der Waals surface area contributed by atoms with Gasteiger partial charge in [0.25, 0.3) is 0 Å². The number of fused-ring (bicyclic) bond motifs is 1. The van der Waals surface area contributed by atoms with Crippen LogP contribution < -0.4 is 10.2 Å². The lowest BCUT2D eigenvalue weighted by Gasteiger charge is -2.32. The molecule has 2 aliphatic rings. The number of pyridine rings is 3. The molecule has 7 nitrogen and oxygen atoms in total. The monoisotopic (exact) mass is 465 g/mol. The Morgan fingerprint density at radius 3 is 2.64 bits per heavy atom. The molecule has 0 spiro atoms. The van der Waals surface area contributed by atoms with Crippen LogP contribution in [0.4, 0.5) is 11.6 Å². The van der Waals surface area contributed by atoms with Crippen LogP contribution in [0.2, 0.25) is 5.02 Å². The van der Waals surface area contributed by atoms with E-state index < -0.39 is 5.97 Å². The van der Waals surface area contributed by atoms with E-state index in [4.69, 9.17) is 16.6 Å². The summed E-state index contributed by atoms with van der Waals surface area (Å²) in [5.74, 6) is 0.550. The number of piperidine rings is 1. The van der Waals surface area contributed by atoms with Gasteiger partial charge in [0.05, 0.1) is 16.6 Å². The van der Waals surface area contributed by atoms with Crippen molar-refractivity contribution in [2.45, 2.75) is 51.0 Å².